The molecule has 0 amide bonds. The van der Waals surface area contributed by atoms with Crippen molar-refractivity contribution in [2.24, 2.45) is 0 Å². The number of nitrogens with zero attached hydrogens (tertiary/aromatic N) is 5. The molecule has 2 aromatic carbocycles. The van der Waals surface area contributed by atoms with Gasteiger partial charge in [0.25, 0.3) is 0 Å². The molecule has 0 saturated carbocycles. The number of ether oxygens (including phenoxy) is 3. The summed E-state index contributed by atoms with van der Waals surface area (Å²) in [5, 5.41) is 22.4. The van der Waals surface area contributed by atoms with Crippen LogP contribution in [0.1, 0.15) is 5.56 Å². The van der Waals surface area contributed by atoms with E-state index in [4.69, 9.17) is 37.4 Å². The van der Waals surface area contributed by atoms with Gasteiger partial charge in [-0.3, -0.25) is 4.98 Å². The van der Waals surface area contributed by atoms with Crippen molar-refractivity contribution >= 4 is 45.5 Å². The molecule has 0 radical (unpaired) electrons. The van der Waals surface area contributed by atoms with Gasteiger partial charge in [-0.2, -0.15) is 20.3 Å². The minimum absolute atomic E-state index is 0.327. The molecule has 9 nitrogen and oxygen atoms in total. The molecule has 2 heterocycles. The van der Waals surface area contributed by atoms with Gasteiger partial charge in [-0.15, -0.1) is 0 Å². The highest BCUT2D eigenvalue weighted by molar-refractivity contribution is 6.37. The largest absolute Gasteiger partial charge is 0.495 e. The Balaban J connectivity index is 1.72. The van der Waals surface area contributed by atoms with Crippen molar-refractivity contribution in [1.82, 2.24) is 20.0 Å². The molecule has 33 heavy (non-hydrogen) atoms. The average Bonchev–Trinajstić information content (AvgIpc) is 3.34. The molecule has 0 unspecified atom stereocenters. The van der Waals surface area contributed by atoms with Crippen LogP contribution in [0, 0.1) is 11.3 Å². The number of benzene rings is 2. The summed E-state index contributed by atoms with van der Waals surface area (Å²) in [4.78, 5) is 5.94. The molecule has 0 aliphatic rings. The Morgan fingerprint density at radius 1 is 1.00 bits per heavy atom. The molecule has 2 aromatic heterocycles. The van der Waals surface area contributed by atoms with Crippen LogP contribution >= 0.6 is 23.2 Å². The summed E-state index contributed by atoms with van der Waals surface area (Å²) in [7, 11) is 3.05. The van der Waals surface area contributed by atoms with Gasteiger partial charge in [-0.1, -0.05) is 23.2 Å². The molecule has 0 atom stereocenters. The molecule has 0 fully saturated rings. The predicted octanol–water partition coefficient (Wildman–Crippen LogP) is 4.84. The van der Waals surface area contributed by atoms with Crippen molar-refractivity contribution in [3.8, 4) is 23.3 Å². The second kappa shape index (κ2) is 9.81. The molecule has 11 heteroatoms. The molecule has 4 rings (SSSR count). The Morgan fingerprint density at radius 3 is 2.45 bits per heavy atom. The number of nitriles is 1. The lowest BCUT2D eigenvalue weighted by molar-refractivity contribution is 0.267. The Morgan fingerprint density at radius 2 is 1.76 bits per heavy atom. The van der Waals surface area contributed by atoms with Gasteiger partial charge in [0, 0.05) is 23.7 Å². The molecule has 4 aromatic rings. The monoisotopic (exact) mass is 484 g/mol. The third-order valence-corrected chi connectivity index (χ3v) is 5.40. The molecular weight excluding hydrogens is 467 g/mol. The number of rotatable bonds is 8. The summed E-state index contributed by atoms with van der Waals surface area (Å²) in [5.41, 5.74) is 1.96. The van der Waals surface area contributed by atoms with Gasteiger partial charge in [0.2, 0.25) is 0 Å². The maximum absolute atomic E-state index is 9.68. The van der Waals surface area contributed by atoms with Gasteiger partial charge in [-0.05, 0) is 12.1 Å². The van der Waals surface area contributed by atoms with E-state index in [9.17, 15) is 5.26 Å². The smallest absolute Gasteiger partial charge is 0.163 e. The van der Waals surface area contributed by atoms with E-state index in [1.54, 1.807) is 43.8 Å². The number of halogens is 2. The van der Waals surface area contributed by atoms with E-state index >= 15 is 0 Å². The fourth-order valence-corrected chi connectivity index (χ4v) is 3.71. The quantitative estimate of drug-likeness (QED) is 0.378. The fraction of sp³-hybridized carbons (Fsp3) is 0.182. The lowest BCUT2D eigenvalue weighted by Gasteiger charge is -2.16. The minimum Gasteiger partial charge on any atom is -0.495 e. The third kappa shape index (κ3) is 4.72. The number of nitrogens with one attached hydrogen (secondary N) is 1. The lowest BCUT2D eigenvalue weighted by atomic mass is 10.1. The Kier molecular flexibility index (Phi) is 6.68. The normalized spacial score (nSPS) is 10.6. The summed E-state index contributed by atoms with van der Waals surface area (Å²) >= 11 is 12.5. The van der Waals surface area contributed by atoms with E-state index in [2.05, 4.69) is 26.6 Å². The minimum atomic E-state index is 0.327. The molecule has 0 saturated heterocycles. The van der Waals surface area contributed by atoms with Crippen molar-refractivity contribution in [1.29, 1.82) is 5.26 Å². The van der Waals surface area contributed by atoms with Crippen LogP contribution in [0.25, 0.3) is 10.9 Å². The van der Waals surface area contributed by atoms with E-state index < -0.39 is 0 Å². The van der Waals surface area contributed by atoms with Crippen molar-refractivity contribution < 1.29 is 14.2 Å². The number of aromatic nitrogens is 4. The molecule has 0 spiro atoms. The zero-order valence-corrected chi connectivity index (χ0v) is 19.2. The number of fused-ring (bicyclic) bond motifs is 1. The van der Waals surface area contributed by atoms with Gasteiger partial charge in [-0.25, -0.2) is 0 Å². The first-order chi connectivity index (χ1) is 16.0. The highest BCUT2D eigenvalue weighted by Gasteiger charge is 2.16. The van der Waals surface area contributed by atoms with Crippen LogP contribution in [0.3, 0.4) is 0 Å². The predicted molar refractivity (Wildman–Crippen MR) is 125 cm³/mol. The summed E-state index contributed by atoms with van der Waals surface area (Å²) in [6.07, 6.45) is 4.68. The van der Waals surface area contributed by atoms with E-state index in [0.717, 1.165) is 0 Å². The second-order valence-corrected chi connectivity index (χ2v) is 7.56. The number of methoxy groups -OCH3 is 2. The van der Waals surface area contributed by atoms with Crippen molar-refractivity contribution in [2.75, 3.05) is 26.1 Å². The summed E-state index contributed by atoms with van der Waals surface area (Å²) in [6, 6.07) is 8.90. The average molecular weight is 485 g/mol. The number of hydrogen-bond acceptors (Lipinski definition) is 8. The standard InChI is InChI=1S/C22H18Cl2N6O3/c1-31-19-10-18(15(23)8-16(19)24)29-22-13(11-25)12-26-17-9-21(20(32-2)7-14(17)22)33-6-5-30-27-3-4-28-30/h3-4,7-10,12H,5-6H2,1-2H3,(H,26,29). The van der Waals surface area contributed by atoms with Crippen molar-refractivity contribution in [3.05, 3.63) is 58.5 Å². The van der Waals surface area contributed by atoms with Crippen LogP contribution in [0.15, 0.2) is 42.9 Å². The Labute approximate surface area is 199 Å². The van der Waals surface area contributed by atoms with Gasteiger partial charge in [0.1, 0.15) is 18.4 Å². The van der Waals surface area contributed by atoms with Gasteiger partial charge in [0.15, 0.2) is 11.5 Å². The van der Waals surface area contributed by atoms with Gasteiger partial charge < -0.3 is 19.5 Å². The molecule has 0 bridgehead atoms. The number of pyridine rings is 1. The number of hydrogen-bond donors (Lipinski definition) is 1. The maximum atomic E-state index is 9.68. The molecule has 0 aliphatic heterocycles. The molecule has 1 N–H and O–H groups in total. The van der Waals surface area contributed by atoms with E-state index in [1.807, 2.05) is 0 Å². The SMILES string of the molecule is COc1cc(Nc2c(C#N)cnc3cc(OCCn4nccn4)c(OC)cc23)c(Cl)cc1Cl. The molecular formula is C22H18Cl2N6O3. The highest BCUT2D eigenvalue weighted by atomic mass is 35.5. The highest BCUT2D eigenvalue weighted by Crippen LogP contribution is 2.40. The van der Waals surface area contributed by atoms with E-state index in [0.29, 0.717) is 68.3 Å². The van der Waals surface area contributed by atoms with Crippen molar-refractivity contribution in [2.45, 2.75) is 6.54 Å². The summed E-state index contributed by atoms with van der Waals surface area (Å²) < 4.78 is 16.7. The van der Waals surface area contributed by atoms with E-state index in [1.165, 1.54) is 18.1 Å². The van der Waals surface area contributed by atoms with Crippen LogP contribution in [-0.2, 0) is 6.54 Å². The summed E-state index contributed by atoms with van der Waals surface area (Å²) in [6.45, 7) is 0.802. The number of anilines is 2. The molecule has 0 aliphatic carbocycles. The third-order valence-electron chi connectivity index (χ3n) is 4.79. The van der Waals surface area contributed by atoms with Gasteiger partial charge in [0.05, 0.1) is 65.7 Å². The van der Waals surface area contributed by atoms with Crippen LogP contribution < -0.4 is 19.5 Å². The first kappa shape index (κ1) is 22.5. The van der Waals surface area contributed by atoms with E-state index in [-0.39, 0.29) is 0 Å². The first-order valence-corrected chi connectivity index (χ1v) is 10.5. The van der Waals surface area contributed by atoms with Crippen LogP contribution in [0.4, 0.5) is 11.4 Å². The maximum Gasteiger partial charge on any atom is 0.163 e. The first-order valence-electron chi connectivity index (χ1n) is 9.71. The fourth-order valence-electron chi connectivity index (χ4n) is 3.20. The van der Waals surface area contributed by atoms with Crippen LogP contribution in [0.5, 0.6) is 17.2 Å². The Hall–Kier alpha value is -3.74. The van der Waals surface area contributed by atoms with Crippen LogP contribution in [-0.4, -0.2) is 40.8 Å². The Bertz CT molecular complexity index is 1340. The zero-order chi connectivity index (χ0) is 23.4. The molecule has 168 valence electrons. The lowest BCUT2D eigenvalue weighted by Crippen LogP contribution is -2.11. The topological polar surface area (TPSA) is 107 Å². The van der Waals surface area contributed by atoms with Gasteiger partial charge >= 0.3 is 0 Å². The zero-order valence-electron chi connectivity index (χ0n) is 17.7. The second-order valence-electron chi connectivity index (χ2n) is 6.74. The van der Waals surface area contributed by atoms with Crippen molar-refractivity contribution in [3.63, 3.8) is 0 Å². The summed E-state index contributed by atoms with van der Waals surface area (Å²) in [5.74, 6) is 1.43. The van der Waals surface area contributed by atoms with Crippen LogP contribution in [0.2, 0.25) is 10.0 Å².